The summed E-state index contributed by atoms with van der Waals surface area (Å²) in [7, 11) is 0. The van der Waals surface area contributed by atoms with Gasteiger partial charge in [0.05, 0.1) is 0 Å². The van der Waals surface area contributed by atoms with Crippen LogP contribution < -0.4 is 11.1 Å². The molecule has 0 bridgehead atoms. The molecular weight excluding hydrogens is 358 g/mol. The van der Waals surface area contributed by atoms with Crippen LogP contribution in [0.5, 0.6) is 0 Å². The van der Waals surface area contributed by atoms with Gasteiger partial charge in [-0.1, -0.05) is 30.3 Å². The van der Waals surface area contributed by atoms with Crippen molar-refractivity contribution in [3.63, 3.8) is 0 Å². The highest BCUT2D eigenvalue weighted by Gasteiger charge is 2.22. The van der Waals surface area contributed by atoms with Crippen LogP contribution in [0.4, 0.5) is 5.69 Å². The number of anilines is 1. The summed E-state index contributed by atoms with van der Waals surface area (Å²) in [6, 6.07) is 11.1. The maximum absolute atomic E-state index is 11.9. The second-order valence-electron chi connectivity index (χ2n) is 6.91. The van der Waals surface area contributed by atoms with Crippen molar-refractivity contribution < 1.29 is 19.8 Å². The summed E-state index contributed by atoms with van der Waals surface area (Å²) < 4.78 is 0. The van der Waals surface area contributed by atoms with Crippen LogP contribution in [0.2, 0.25) is 0 Å². The summed E-state index contributed by atoms with van der Waals surface area (Å²) in [4.78, 5) is 26.1. The minimum absolute atomic E-state index is 0.108. The lowest BCUT2D eigenvalue weighted by molar-refractivity contribution is -0.139. The minimum atomic E-state index is -1.10. The molecule has 0 saturated heterocycles. The molecule has 0 fully saturated rings. The van der Waals surface area contributed by atoms with E-state index in [9.17, 15) is 14.7 Å². The normalized spacial score (nSPS) is 13.2. The van der Waals surface area contributed by atoms with E-state index < -0.39 is 24.0 Å². The molecule has 2 aromatic carbocycles. The summed E-state index contributed by atoms with van der Waals surface area (Å²) in [6.45, 7) is 2.00. The fourth-order valence-electron chi connectivity index (χ4n) is 3.24. The number of hydrogen-bond acceptors (Lipinski definition) is 4. The zero-order valence-electron chi connectivity index (χ0n) is 15.5. The van der Waals surface area contributed by atoms with Gasteiger partial charge in [0.15, 0.2) is 0 Å². The molecule has 0 radical (unpaired) electrons. The van der Waals surface area contributed by atoms with E-state index in [-0.39, 0.29) is 12.8 Å². The van der Waals surface area contributed by atoms with Gasteiger partial charge in [0.2, 0.25) is 0 Å². The standard InChI is InChI=1S/C21H23N3O4/c1-12-6-7-15-14(11-23-18(15)8-12)10-19(21(27)28)24-17-5-3-2-4-13(17)9-16(22)20(25)26/h2-8,11,16,19,23-24H,9-10,22H2,1H3,(H,25,26)(H,27,28)/t16-,19-/m0/s1. The van der Waals surface area contributed by atoms with Gasteiger partial charge in [-0.25, -0.2) is 4.79 Å². The van der Waals surface area contributed by atoms with Gasteiger partial charge >= 0.3 is 11.9 Å². The smallest absolute Gasteiger partial charge is 0.326 e. The number of hydrogen-bond donors (Lipinski definition) is 5. The number of carboxylic acid groups (broad SMARTS) is 2. The van der Waals surface area contributed by atoms with Crippen molar-refractivity contribution in [2.75, 3.05) is 5.32 Å². The number of aromatic amines is 1. The fourth-order valence-corrected chi connectivity index (χ4v) is 3.24. The molecule has 146 valence electrons. The van der Waals surface area contributed by atoms with E-state index in [1.165, 1.54) is 0 Å². The van der Waals surface area contributed by atoms with Crippen molar-refractivity contribution in [2.45, 2.75) is 31.8 Å². The molecule has 1 heterocycles. The molecule has 0 unspecified atom stereocenters. The maximum atomic E-state index is 11.9. The molecule has 0 aliphatic rings. The molecule has 7 nitrogen and oxygen atoms in total. The van der Waals surface area contributed by atoms with Crippen LogP contribution in [0, 0.1) is 6.92 Å². The number of benzene rings is 2. The van der Waals surface area contributed by atoms with E-state index in [4.69, 9.17) is 10.8 Å². The van der Waals surface area contributed by atoms with E-state index in [1.807, 2.05) is 31.3 Å². The molecule has 0 saturated carbocycles. The molecule has 3 aromatic rings. The van der Waals surface area contributed by atoms with Gasteiger partial charge < -0.3 is 26.2 Å². The summed E-state index contributed by atoms with van der Waals surface area (Å²) in [6.07, 6.45) is 2.21. The maximum Gasteiger partial charge on any atom is 0.326 e. The average molecular weight is 381 g/mol. The molecule has 6 N–H and O–H groups in total. The Morgan fingerprint density at radius 2 is 1.82 bits per heavy atom. The molecule has 0 amide bonds. The number of fused-ring (bicyclic) bond motifs is 1. The van der Waals surface area contributed by atoms with Gasteiger partial charge in [-0.3, -0.25) is 4.79 Å². The van der Waals surface area contributed by atoms with Crippen molar-refractivity contribution in [3.05, 3.63) is 65.4 Å². The molecule has 3 rings (SSSR count). The third kappa shape index (κ3) is 4.32. The lowest BCUT2D eigenvalue weighted by atomic mass is 10.0. The Morgan fingerprint density at radius 3 is 2.54 bits per heavy atom. The van der Waals surface area contributed by atoms with Crippen molar-refractivity contribution in [1.29, 1.82) is 0 Å². The van der Waals surface area contributed by atoms with Crippen LogP contribution in [0.25, 0.3) is 10.9 Å². The van der Waals surface area contributed by atoms with Crippen LogP contribution >= 0.6 is 0 Å². The minimum Gasteiger partial charge on any atom is -0.480 e. The molecule has 1 aromatic heterocycles. The first kappa shape index (κ1) is 19.4. The quantitative estimate of drug-likeness (QED) is 0.408. The molecule has 2 atom stereocenters. The van der Waals surface area contributed by atoms with E-state index in [0.717, 1.165) is 22.0 Å². The number of aryl methyl sites for hydroxylation is 1. The Labute approximate surface area is 162 Å². The zero-order chi connectivity index (χ0) is 20.3. The van der Waals surface area contributed by atoms with Gasteiger partial charge in [-0.05, 0) is 35.7 Å². The Bertz CT molecular complexity index is 1010. The second-order valence-corrected chi connectivity index (χ2v) is 6.91. The lowest BCUT2D eigenvalue weighted by Gasteiger charge is -2.19. The van der Waals surface area contributed by atoms with E-state index in [0.29, 0.717) is 11.3 Å². The Morgan fingerprint density at radius 1 is 1.07 bits per heavy atom. The summed E-state index contributed by atoms with van der Waals surface area (Å²) in [5.41, 5.74) is 9.87. The summed E-state index contributed by atoms with van der Waals surface area (Å²) in [5.74, 6) is -2.09. The molecule has 0 aliphatic heterocycles. The Balaban J connectivity index is 1.84. The average Bonchev–Trinajstić information content (AvgIpc) is 3.04. The Kier molecular flexibility index (Phi) is 5.65. The van der Waals surface area contributed by atoms with Crippen LogP contribution in [0.15, 0.2) is 48.7 Å². The highest BCUT2D eigenvalue weighted by atomic mass is 16.4. The second kappa shape index (κ2) is 8.14. The first-order valence-electron chi connectivity index (χ1n) is 8.97. The molecule has 28 heavy (non-hydrogen) atoms. The molecular formula is C21H23N3O4. The van der Waals surface area contributed by atoms with Crippen molar-refractivity contribution in [3.8, 4) is 0 Å². The van der Waals surface area contributed by atoms with Crippen molar-refractivity contribution in [2.24, 2.45) is 5.73 Å². The van der Waals surface area contributed by atoms with Crippen molar-refractivity contribution >= 4 is 28.5 Å². The third-order valence-electron chi connectivity index (χ3n) is 4.75. The summed E-state index contributed by atoms with van der Waals surface area (Å²) in [5, 5.41) is 22.8. The van der Waals surface area contributed by atoms with Gasteiger partial charge in [0.1, 0.15) is 12.1 Å². The van der Waals surface area contributed by atoms with E-state index >= 15 is 0 Å². The first-order valence-corrected chi connectivity index (χ1v) is 8.97. The van der Waals surface area contributed by atoms with Crippen LogP contribution in [0.1, 0.15) is 16.7 Å². The molecule has 0 spiro atoms. The number of aromatic nitrogens is 1. The van der Waals surface area contributed by atoms with E-state index in [2.05, 4.69) is 10.3 Å². The van der Waals surface area contributed by atoms with Gasteiger partial charge in [0.25, 0.3) is 0 Å². The predicted octanol–water partition coefficient (Wildman–Crippen LogP) is 2.54. The van der Waals surface area contributed by atoms with Crippen LogP contribution in [-0.2, 0) is 22.4 Å². The van der Waals surface area contributed by atoms with Crippen LogP contribution in [-0.4, -0.2) is 39.2 Å². The summed E-state index contributed by atoms with van der Waals surface area (Å²) >= 11 is 0. The first-order chi connectivity index (χ1) is 13.3. The predicted molar refractivity (Wildman–Crippen MR) is 108 cm³/mol. The van der Waals surface area contributed by atoms with Gasteiger partial charge in [0, 0.05) is 35.6 Å². The van der Waals surface area contributed by atoms with Gasteiger partial charge in [-0.2, -0.15) is 0 Å². The number of aliphatic carboxylic acids is 2. The number of carbonyl (C=O) groups is 2. The lowest BCUT2D eigenvalue weighted by Crippen LogP contribution is -2.34. The highest BCUT2D eigenvalue weighted by Crippen LogP contribution is 2.23. The number of rotatable bonds is 8. The number of carboxylic acids is 2. The molecule has 7 heteroatoms. The van der Waals surface area contributed by atoms with E-state index in [1.54, 1.807) is 24.3 Å². The zero-order valence-corrected chi connectivity index (χ0v) is 15.5. The fraction of sp³-hybridized carbons (Fsp3) is 0.238. The monoisotopic (exact) mass is 381 g/mol. The van der Waals surface area contributed by atoms with Gasteiger partial charge in [-0.15, -0.1) is 0 Å². The SMILES string of the molecule is Cc1ccc2c(C[C@H](Nc3ccccc3C[C@H](N)C(=O)O)C(=O)O)c[nH]c2c1. The highest BCUT2D eigenvalue weighted by molar-refractivity contribution is 5.85. The van der Waals surface area contributed by atoms with Crippen LogP contribution in [0.3, 0.4) is 0 Å². The largest absolute Gasteiger partial charge is 0.480 e. The Hall–Kier alpha value is -3.32. The number of nitrogens with two attached hydrogens (primary N) is 1. The van der Waals surface area contributed by atoms with Crippen molar-refractivity contribution in [1.82, 2.24) is 4.98 Å². The number of H-pyrrole nitrogens is 1. The number of para-hydroxylation sites is 1. The topological polar surface area (TPSA) is 128 Å². The molecule has 0 aliphatic carbocycles. The third-order valence-corrected chi connectivity index (χ3v) is 4.75. The number of nitrogens with one attached hydrogen (secondary N) is 2.